The highest BCUT2D eigenvalue weighted by Crippen LogP contribution is 2.23. The highest BCUT2D eigenvalue weighted by Gasteiger charge is 2.14. The molecule has 0 bridgehead atoms. The van der Waals surface area contributed by atoms with Crippen molar-refractivity contribution in [2.24, 2.45) is 10.9 Å². The van der Waals surface area contributed by atoms with Gasteiger partial charge in [-0.15, -0.1) is 35.3 Å². The summed E-state index contributed by atoms with van der Waals surface area (Å²) in [4.78, 5) is 11.6. The number of rotatable bonds is 8. The second kappa shape index (κ2) is 12.4. The molecule has 1 aliphatic rings. The third-order valence-electron chi connectivity index (χ3n) is 4.96. The van der Waals surface area contributed by atoms with Gasteiger partial charge in [-0.2, -0.15) is 0 Å². The number of halogens is 1. The predicted octanol–water partition coefficient (Wildman–Crippen LogP) is 4.60. The van der Waals surface area contributed by atoms with Gasteiger partial charge in [-0.1, -0.05) is 19.3 Å². The van der Waals surface area contributed by atoms with E-state index in [4.69, 9.17) is 9.41 Å². The summed E-state index contributed by atoms with van der Waals surface area (Å²) >= 11 is 1.72. The topological polar surface area (TPSA) is 53.7 Å². The SMILES string of the molecule is CN(CCc1nccs1)C(=NCC1CCCCC1)NCCc1ccco1.I. The van der Waals surface area contributed by atoms with Crippen LogP contribution in [0.1, 0.15) is 42.9 Å². The summed E-state index contributed by atoms with van der Waals surface area (Å²) in [7, 11) is 2.12. The Balaban J connectivity index is 0.00000261. The number of thiazole rings is 1. The number of hydrogen-bond donors (Lipinski definition) is 1. The summed E-state index contributed by atoms with van der Waals surface area (Å²) in [5.41, 5.74) is 0. The Bertz CT molecular complexity index is 639. The first-order valence-electron chi connectivity index (χ1n) is 9.71. The highest BCUT2D eigenvalue weighted by molar-refractivity contribution is 14.0. The Morgan fingerprint density at radius 2 is 2.19 bits per heavy atom. The molecule has 1 N–H and O–H groups in total. The van der Waals surface area contributed by atoms with E-state index in [1.165, 1.54) is 37.1 Å². The average molecular weight is 502 g/mol. The summed E-state index contributed by atoms with van der Waals surface area (Å²) in [6, 6.07) is 3.96. The first-order chi connectivity index (χ1) is 12.8. The van der Waals surface area contributed by atoms with Gasteiger partial charge in [0, 0.05) is 51.1 Å². The van der Waals surface area contributed by atoms with Crippen molar-refractivity contribution >= 4 is 41.3 Å². The van der Waals surface area contributed by atoms with Gasteiger partial charge in [-0.05, 0) is 30.9 Å². The van der Waals surface area contributed by atoms with E-state index in [2.05, 4.69) is 22.2 Å². The Hall–Kier alpha value is -1.09. The third-order valence-corrected chi connectivity index (χ3v) is 5.80. The average Bonchev–Trinajstić information content (AvgIpc) is 3.37. The van der Waals surface area contributed by atoms with Crippen LogP contribution in [0, 0.1) is 5.92 Å². The minimum Gasteiger partial charge on any atom is -0.469 e. The van der Waals surface area contributed by atoms with Crippen molar-refractivity contribution < 1.29 is 4.42 Å². The van der Waals surface area contributed by atoms with Crippen LogP contribution in [0.2, 0.25) is 0 Å². The number of likely N-dealkylation sites (N-methyl/N-ethyl adjacent to an activating group) is 1. The number of furan rings is 1. The number of nitrogens with zero attached hydrogens (tertiary/aromatic N) is 3. The standard InChI is InChI=1S/C20H30N4OS.HI/c1-24(13-10-19-21-12-15-26-19)20(22-11-9-18-8-5-14-25-18)23-16-17-6-3-2-4-7-17;/h5,8,12,14-15,17H,2-4,6-7,9-11,13,16H2,1H3,(H,22,23);1H. The van der Waals surface area contributed by atoms with Crippen molar-refractivity contribution in [3.8, 4) is 0 Å². The van der Waals surface area contributed by atoms with Crippen LogP contribution in [-0.2, 0) is 12.8 Å². The summed E-state index contributed by atoms with van der Waals surface area (Å²) in [5.74, 6) is 2.76. The molecule has 0 aromatic carbocycles. The van der Waals surface area contributed by atoms with Crippen molar-refractivity contribution in [3.63, 3.8) is 0 Å². The molecule has 3 rings (SSSR count). The van der Waals surface area contributed by atoms with Gasteiger partial charge in [0.25, 0.3) is 0 Å². The van der Waals surface area contributed by atoms with Gasteiger partial charge in [-0.3, -0.25) is 4.99 Å². The van der Waals surface area contributed by atoms with E-state index in [1.807, 2.05) is 23.7 Å². The Kier molecular flexibility index (Phi) is 10.2. The van der Waals surface area contributed by atoms with E-state index >= 15 is 0 Å². The van der Waals surface area contributed by atoms with Gasteiger partial charge in [0.2, 0.25) is 0 Å². The van der Waals surface area contributed by atoms with Crippen molar-refractivity contribution in [2.75, 3.05) is 26.7 Å². The fourth-order valence-electron chi connectivity index (χ4n) is 3.39. The van der Waals surface area contributed by atoms with Crippen molar-refractivity contribution in [1.29, 1.82) is 0 Å². The molecular weight excluding hydrogens is 471 g/mol. The summed E-state index contributed by atoms with van der Waals surface area (Å²) in [6.45, 7) is 2.69. The van der Waals surface area contributed by atoms with Crippen LogP contribution in [0.25, 0.3) is 0 Å². The Labute approximate surface area is 183 Å². The van der Waals surface area contributed by atoms with E-state index < -0.39 is 0 Å². The molecule has 0 radical (unpaired) electrons. The van der Waals surface area contributed by atoms with Crippen molar-refractivity contribution in [3.05, 3.63) is 40.7 Å². The first kappa shape index (κ1) is 22.2. The molecule has 2 heterocycles. The van der Waals surface area contributed by atoms with Crippen LogP contribution >= 0.6 is 35.3 Å². The number of aliphatic imine (C=N–C) groups is 1. The van der Waals surface area contributed by atoms with Gasteiger partial charge in [0.1, 0.15) is 5.76 Å². The quantitative estimate of drug-likeness (QED) is 0.326. The van der Waals surface area contributed by atoms with Gasteiger partial charge in [0.15, 0.2) is 5.96 Å². The Morgan fingerprint density at radius 1 is 1.33 bits per heavy atom. The van der Waals surface area contributed by atoms with Crippen LogP contribution in [0.15, 0.2) is 39.4 Å². The predicted molar refractivity (Wildman–Crippen MR) is 123 cm³/mol. The van der Waals surface area contributed by atoms with Crippen LogP contribution in [-0.4, -0.2) is 42.5 Å². The number of nitrogens with one attached hydrogen (secondary N) is 1. The fourth-order valence-corrected chi connectivity index (χ4v) is 4.00. The molecule has 1 fully saturated rings. The molecule has 150 valence electrons. The molecule has 0 aliphatic heterocycles. The second-order valence-electron chi connectivity index (χ2n) is 7.02. The third kappa shape index (κ3) is 7.81. The molecule has 0 amide bonds. The summed E-state index contributed by atoms with van der Waals surface area (Å²) < 4.78 is 5.43. The molecule has 2 aromatic heterocycles. The zero-order chi connectivity index (χ0) is 18.0. The van der Waals surface area contributed by atoms with Gasteiger partial charge in [-0.25, -0.2) is 4.98 Å². The summed E-state index contributed by atoms with van der Waals surface area (Å²) in [5, 5.41) is 6.74. The lowest BCUT2D eigenvalue weighted by molar-refractivity contribution is 0.364. The number of aromatic nitrogens is 1. The molecule has 0 saturated heterocycles. The maximum Gasteiger partial charge on any atom is 0.193 e. The lowest BCUT2D eigenvalue weighted by Gasteiger charge is -2.24. The molecule has 0 unspecified atom stereocenters. The zero-order valence-corrected chi connectivity index (χ0v) is 19.2. The minimum absolute atomic E-state index is 0. The smallest absolute Gasteiger partial charge is 0.193 e. The van der Waals surface area contributed by atoms with E-state index in [0.29, 0.717) is 0 Å². The fraction of sp³-hybridized carbons (Fsp3) is 0.600. The normalized spacial score (nSPS) is 15.4. The van der Waals surface area contributed by atoms with E-state index in [9.17, 15) is 0 Å². The van der Waals surface area contributed by atoms with Crippen molar-refractivity contribution in [2.45, 2.75) is 44.9 Å². The first-order valence-corrected chi connectivity index (χ1v) is 10.6. The highest BCUT2D eigenvalue weighted by atomic mass is 127. The minimum atomic E-state index is 0. The number of hydrogen-bond acceptors (Lipinski definition) is 4. The lowest BCUT2D eigenvalue weighted by Crippen LogP contribution is -2.41. The van der Waals surface area contributed by atoms with Gasteiger partial charge < -0.3 is 14.6 Å². The second-order valence-corrected chi connectivity index (χ2v) is 8.00. The molecule has 5 nitrogen and oxygen atoms in total. The maximum atomic E-state index is 5.43. The molecule has 0 atom stereocenters. The van der Waals surface area contributed by atoms with E-state index in [1.54, 1.807) is 17.6 Å². The van der Waals surface area contributed by atoms with Crippen LogP contribution in [0.3, 0.4) is 0 Å². The molecule has 2 aromatic rings. The van der Waals surface area contributed by atoms with Gasteiger partial charge >= 0.3 is 0 Å². The van der Waals surface area contributed by atoms with Crippen molar-refractivity contribution in [1.82, 2.24) is 15.2 Å². The molecule has 1 saturated carbocycles. The van der Waals surface area contributed by atoms with Crippen LogP contribution < -0.4 is 5.32 Å². The van der Waals surface area contributed by atoms with E-state index in [-0.39, 0.29) is 24.0 Å². The molecular formula is C20H31IN4OS. The maximum absolute atomic E-state index is 5.43. The summed E-state index contributed by atoms with van der Waals surface area (Å²) in [6.07, 6.45) is 12.2. The largest absolute Gasteiger partial charge is 0.469 e. The lowest BCUT2D eigenvalue weighted by atomic mass is 9.89. The van der Waals surface area contributed by atoms with Crippen LogP contribution in [0.5, 0.6) is 0 Å². The monoisotopic (exact) mass is 502 g/mol. The molecule has 27 heavy (non-hydrogen) atoms. The number of guanidine groups is 1. The van der Waals surface area contributed by atoms with Gasteiger partial charge in [0.05, 0.1) is 11.3 Å². The molecule has 1 aliphatic carbocycles. The Morgan fingerprint density at radius 3 is 2.89 bits per heavy atom. The molecule has 7 heteroatoms. The molecule has 0 spiro atoms. The zero-order valence-electron chi connectivity index (χ0n) is 16.1. The van der Waals surface area contributed by atoms with E-state index in [0.717, 1.165) is 50.1 Å². The van der Waals surface area contributed by atoms with Crippen LogP contribution in [0.4, 0.5) is 0 Å².